The van der Waals surface area contributed by atoms with E-state index in [4.69, 9.17) is 9.84 Å². The second-order valence-electron chi connectivity index (χ2n) is 3.62. The molecule has 0 unspecified atom stereocenters. The lowest BCUT2D eigenvalue weighted by molar-refractivity contribution is -0.137. The molecule has 2 N–H and O–H groups in total. The van der Waals surface area contributed by atoms with Crippen LogP contribution in [-0.4, -0.2) is 30.3 Å². The topological polar surface area (TPSA) is 75.6 Å². The first kappa shape index (κ1) is 11.6. The SMILES string of the molecule is C=CCOC(=O)NC[C@@H]1C[C@H]1CC(=O)O. The van der Waals surface area contributed by atoms with Crippen LogP contribution in [0.25, 0.3) is 0 Å². The fourth-order valence-electron chi connectivity index (χ4n) is 1.43. The first-order chi connectivity index (χ1) is 7.13. The van der Waals surface area contributed by atoms with Gasteiger partial charge in [-0.25, -0.2) is 4.79 Å². The maximum atomic E-state index is 11.0. The third-order valence-corrected chi connectivity index (χ3v) is 2.35. The Morgan fingerprint density at radius 3 is 2.87 bits per heavy atom. The highest BCUT2D eigenvalue weighted by Crippen LogP contribution is 2.40. The zero-order chi connectivity index (χ0) is 11.3. The summed E-state index contributed by atoms with van der Waals surface area (Å²) in [5.41, 5.74) is 0. The Morgan fingerprint density at radius 1 is 1.53 bits per heavy atom. The fraction of sp³-hybridized carbons (Fsp3) is 0.600. The number of hydrogen-bond acceptors (Lipinski definition) is 3. The van der Waals surface area contributed by atoms with Crippen molar-refractivity contribution in [3.63, 3.8) is 0 Å². The molecule has 2 atom stereocenters. The highest BCUT2D eigenvalue weighted by Gasteiger charge is 2.38. The summed E-state index contributed by atoms with van der Waals surface area (Å²) in [7, 11) is 0. The van der Waals surface area contributed by atoms with Crippen molar-refractivity contribution in [1.29, 1.82) is 0 Å². The Morgan fingerprint density at radius 2 is 2.27 bits per heavy atom. The van der Waals surface area contributed by atoms with Crippen LogP contribution in [0.4, 0.5) is 4.79 Å². The summed E-state index contributed by atoms with van der Waals surface area (Å²) >= 11 is 0. The molecular weight excluding hydrogens is 198 g/mol. The molecule has 5 nitrogen and oxygen atoms in total. The predicted octanol–water partition coefficient (Wildman–Crippen LogP) is 1.01. The van der Waals surface area contributed by atoms with Gasteiger partial charge in [-0.3, -0.25) is 4.79 Å². The standard InChI is InChI=1S/C10H15NO4/c1-2-3-15-10(14)11-6-8-4-7(8)5-9(12)13/h2,7-8H,1,3-6H2,(H,11,14)(H,12,13)/t7-,8-/m0/s1. The number of carboxylic acid groups (broad SMARTS) is 1. The molecule has 0 bridgehead atoms. The van der Waals surface area contributed by atoms with Crippen LogP contribution in [-0.2, 0) is 9.53 Å². The van der Waals surface area contributed by atoms with E-state index >= 15 is 0 Å². The van der Waals surface area contributed by atoms with Crippen molar-refractivity contribution < 1.29 is 19.4 Å². The summed E-state index contributed by atoms with van der Waals surface area (Å²) in [5.74, 6) is -0.281. The predicted molar refractivity (Wildman–Crippen MR) is 53.4 cm³/mol. The average Bonchev–Trinajstić information content (AvgIpc) is 2.89. The minimum atomic E-state index is -0.781. The molecule has 1 saturated carbocycles. The third kappa shape index (κ3) is 4.49. The summed E-state index contributed by atoms with van der Waals surface area (Å²) in [5, 5.41) is 11.1. The van der Waals surface area contributed by atoms with E-state index in [1.807, 2.05) is 0 Å². The van der Waals surface area contributed by atoms with Gasteiger partial charge in [-0.2, -0.15) is 0 Å². The molecule has 1 fully saturated rings. The first-order valence-corrected chi connectivity index (χ1v) is 4.86. The monoisotopic (exact) mass is 213 g/mol. The van der Waals surface area contributed by atoms with Gasteiger partial charge in [0.25, 0.3) is 0 Å². The number of ether oxygens (including phenoxy) is 1. The van der Waals surface area contributed by atoms with Crippen LogP contribution in [0.3, 0.4) is 0 Å². The largest absolute Gasteiger partial charge is 0.481 e. The molecule has 0 saturated heterocycles. The number of hydrogen-bond donors (Lipinski definition) is 2. The molecule has 0 heterocycles. The van der Waals surface area contributed by atoms with Crippen molar-refractivity contribution in [3.8, 4) is 0 Å². The van der Waals surface area contributed by atoms with Crippen molar-refractivity contribution in [1.82, 2.24) is 5.32 Å². The molecule has 0 aliphatic heterocycles. The van der Waals surface area contributed by atoms with Crippen molar-refractivity contribution in [2.24, 2.45) is 11.8 Å². The van der Waals surface area contributed by atoms with Crippen LogP contribution in [0.5, 0.6) is 0 Å². The van der Waals surface area contributed by atoms with Crippen LogP contribution in [0.1, 0.15) is 12.8 Å². The second kappa shape index (κ2) is 5.38. The van der Waals surface area contributed by atoms with Crippen molar-refractivity contribution in [2.75, 3.05) is 13.2 Å². The van der Waals surface area contributed by atoms with Gasteiger partial charge in [0.2, 0.25) is 0 Å². The van der Waals surface area contributed by atoms with Gasteiger partial charge < -0.3 is 15.2 Å². The van der Waals surface area contributed by atoms with Crippen LogP contribution in [0, 0.1) is 11.8 Å². The van der Waals surface area contributed by atoms with Crippen molar-refractivity contribution in [3.05, 3.63) is 12.7 Å². The summed E-state index contributed by atoms with van der Waals surface area (Å²) in [6, 6.07) is 0. The number of carboxylic acids is 1. The van der Waals surface area contributed by atoms with E-state index in [2.05, 4.69) is 11.9 Å². The Kier molecular flexibility index (Phi) is 4.15. The molecule has 84 valence electrons. The zero-order valence-electron chi connectivity index (χ0n) is 8.44. The molecule has 1 aliphatic rings. The van der Waals surface area contributed by atoms with Crippen molar-refractivity contribution in [2.45, 2.75) is 12.8 Å². The second-order valence-corrected chi connectivity index (χ2v) is 3.62. The van der Waals surface area contributed by atoms with Gasteiger partial charge in [0.1, 0.15) is 6.61 Å². The van der Waals surface area contributed by atoms with E-state index < -0.39 is 12.1 Å². The van der Waals surface area contributed by atoms with Crippen molar-refractivity contribution >= 4 is 12.1 Å². The van der Waals surface area contributed by atoms with Crippen LogP contribution >= 0.6 is 0 Å². The summed E-state index contributed by atoms with van der Waals surface area (Å²) in [4.78, 5) is 21.3. The number of carbonyl (C=O) groups is 2. The highest BCUT2D eigenvalue weighted by atomic mass is 16.5. The molecule has 0 aromatic rings. The van der Waals surface area contributed by atoms with E-state index in [-0.39, 0.29) is 24.9 Å². The molecule has 1 rings (SSSR count). The maximum Gasteiger partial charge on any atom is 0.407 e. The number of nitrogens with one attached hydrogen (secondary N) is 1. The molecule has 15 heavy (non-hydrogen) atoms. The van der Waals surface area contributed by atoms with E-state index in [0.29, 0.717) is 6.54 Å². The van der Waals surface area contributed by atoms with Crippen LogP contribution in [0.2, 0.25) is 0 Å². The molecule has 1 amide bonds. The quantitative estimate of drug-likeness (QED) is 0.645. The summed E-state index contributed by atoms with van der Waals surface area (Å²) in [6.45, 7) is 4.10. The lowest BCUT2D eigenvalue weighted by atomic mass is 10.2. The number of alkyl carbamates (subject to hydrolysis) is 1. The van der Waals surface area contributed by atoms with Crippen LogP contribution in [0.15, 0.2) is 12.7 Å². The molecule has 0 aromatic heterocycles. The van der Waals surface area contributed by atoms with Gasteiger partial charge in [-0.15, -0.1) is 0 Å². The van der Waals surface area contributed by atoms with Gasteiger partial charge in [-0.05, 0) is 18.3 Å². The van der Waals surface area contributed by atoms with E-state index in [1.54, 1.807) is 0 Å². The zero-order valence-corrected chi connectivity index (χ0v) is 8.44. The summed E-state index contributed by atoms with van der Waals surface area (Å²) in [6.07, 6.45) is 2.07. The maximum absolute atomic E-state index is 11.0. The summed E-state index contributed by atoms with van der Waals surface area (Å²) < 4.78 is 4.70. The van der Waals surface area contributed by atoms with E-state index in [0.717, 1.165) is 6.42 Å². The van der Waals surface area contributed by atoms with E-state index in [9.17, 15) is 9.59 Å². The molecule has 5 heteroatoms. The smallest absolute Gasteiger partial charge is 0.407 e. The fourth-order valence-corrected chi connectivity index (χ4v) is 1.43. The molecular formula is C10H15NO4. The number of carbonyl (C=O) groups excluding carboxylic acids is 1. The minimum absolute atomic E-state index is 0.189. The van der Waals surface area contributed by atoms with Crippen LogP contribution < -0.4 is 5.32 Å². The normalized spacial score (nSPS) is 22.9. The Hall–Kier alpha value is -1.52. The molecule has 0 spiro atoms. The lowest BCUT2D eigenvalue weighted by Gasteiger charge is -2.03. The Labute approximate surface area is 88.1 Å². The highest BCUT2D eigenvalue weighted by molar-refractivity contribution is 5.68. The van der Waals surface area contributed by atoms with Gasteiger partial charge in [-0.1, -0.05) is 12.7 Å². The third-order valence-electron chi connectivity index (χ3n) is 2.35. The number of aliphatic carboxylic acids is 1. The molecule has 0 aromatic carbocycles. The number of amides is 1. The van der Waals surface area contributed by atoms with Gasteiger partial charge in [0.05, 0.1) is 0 Å². The number of rotatable bonds is 6. The molecule has 0 radical (unpaired) electrons. The molecule has 1 aliphatic carbocycles. The Bertz CT molecular complexity index is 264. The minimum Gasteiger partial charge on any atom is -0.481 e. The Balaban J connectivity index is 2.05. The lowest BCUT2D eigenvalue weighted by Crippen LogP contribution is -2.26. The van der Waals surface area contributed by atoms with E-state index in [1.165, 1.54) is 6.08 Å². The average molecular weight is 213 g/mol. The van der Waals surface area contributed by atoms with Gasteiger partial charge in [0.15, 0.2) is 0 Å². The van der Waals surface area contributed by atoms with Gasteiger partial charge in [0, 0.05) is 13.0 Å². The first-order valence-electron chi connectivity index (χ1n) is 4.86. The van der Waals surface area contributed by atoms with Gasteiger partial charge >= 0.3 is 12.1 Å².